The van der Waals surface area contributed by atoms with E-state index < -0.39 is 0 Å². The first-order valence-corrected chi connectivity index (χ1v) is 6.26. The van der Waals surface area contributed by atoms with E-state index in [0.717, 1.165) is 29.4 Å². The molecule has 1 heterocycles. The molecule has 0 bridgehead atoms. The molecule has 1 aliphatic heterocycles. The zero-order valence-electron chi connectivity index (χ0n) is 9.43. The first-order chi connectivity index (χ1) is 7.66. The number of rotatable bonds is 1. The van der Waals surface area contributed by atoms with Gasteiger partial charge in [0.05, 0.1) is 0 Å². The van der Waals surface area contributed by atoms with Crippen LogP contribution >= 0.6 is 28.3 Å². The molecule has 1 fully saturated rings. The molecule has 1 aromatic carbocycles. The Balaban J connectivity index is 0.00000144. The van der Waals surface area contributed by atoms with E-state index in [1.54, 1.807) is 0 Å². The van der Waals surface area contributed by atoms with Crippen molar-refractivity contribution in [2.45, 2.75) is 18.9 Å². The van der Waals surface area contributed by atoms with Crippen molar-refractivity contribution >= 4 is 34.2 Å². The minimum absolute atomic E-state index is 0. The van der Waals surface area contributed by atoms with Gasteiger partial charge in [-0.1, -0.05) is 15.9 Å². The fourth-order valence-electron chi connectivity index (χ4n) is 1.97. The summed E-state index contributed by atoms with van der Waals surface area (Å²) in [7, 11) is 0. The van der Waals surface area contributed by atoms with Crippen LogP contribution in [-0.2, 0) is 0 Å². The third-order valence-corrected chi connectivity index (χ3v) is 3.36. The van der Waals surface area contributed by atoms with Crippen LogP contribution in [0.15, 0.2) is 28.7 Å². The van der Waals surface area contributed by atoms with E-state index in [4.69, 9.17) is 5.73 Å². The van der Waals surface area contributed by atoms with E-state index in [-0.39, 0.29) is 24.4 Å². The number of likely N-dealkylation sites (tertiary alicyclic amines) is 1. The Morgan fingerprint density at radius 3 is 2.59 bits per heavy atom. The highest BCUT2D eigenvalue weighted by molar-refractivity contribution is 9.10. The standard InChI is InChI=1S/C12H15BrN2O.ClH/c13-10-5-3-9(4-6-10)12(16)15-7-1-2-11(14)8-15;/h3-6,11H,1-2,7-8,14H2;1H. The van der Waals surface area contributed by atoms with Crippen LogP contribution in [0.5, 0.6) is 0 Å². The van der Waals surface area contributed by atoms with Crippen molar-refractivity contribution in [3.8, 4) is 0 Å². The first-order valence-electron chi connectivity index (χ1n) is 5.47. The highest BCUT2D eigenvalue weighted by atomic mass is 79.9. The van der Waals surface area contributed by atoms with Crippen molar-refractivity contribution in [2.75, 3.05) is 13.1 Å². The number of amides is 1. The van der Waals surface area contributed by atoms with Crippen molar-refractivity contribution in [2.24, 2.45) is 5.73 Å². The van der Waals surface area contributed by atoms with Gasteiger partial charge in [0.1, 0.15) is 0 Å². The molecule has 0 aliphatic carbocycles. The summed E-state index contributed by atoms with van der Waals surface area (Å²) in [5.41, 5.74) is 6.60. The third kappa shape index (κ3) is 3.69. The quantitative estimate of drug-likeness (QED) is 0.864. The van der Waals surface area contributed by atoms with Gasteiger partial charge in [-0.05, 0) is 37.1 Å². The number of halogens is 2. The molecule has 0 saturated carbocycles. The second-order valence-corrected chi connectivity index (χ2v) is 5.08. The van der Waals surface area contributed by atoms with Crippen LogP contribution in [0.25, 0.3) is 0 Å². The summed E-state index contributed by atoms with van der Waals surface area (Å²) in [5.74, 6) is 0.0858. The van der Waals surface area contributed by atoms with Gasteiger partial charge in [0.15, 0.2) is 0 Å². The van der Waals surface area contributed by atoms with Gasteiger partial charge < -0.3 is 10.6 Å². The number of hydrogen-bond donors (Lipinski definition) is 1. The molecule has 0 radical (unpaired) electrons. The SMILES string of the molecule is Cl.NC1CCCN(C(=O)c2ccc(Br)cc2)C1. The number of carbonyl (C=O) groups excluding carboxylic acids is 1. The molecular weight excluding hydrogens is 304 g/mol. The predicted molar refractivity (Wildman–Crippen MR) is 74.5 cm³/mol. The van der Waals surface area contributed by atoms with Gasteiger partial charge in [-0.15, -0.1) is 12.4 Å². The van der Waals surface area contributed by atoms with Gasteiger partial charge in [-0.2, -0.15) is 0 Å². The third-order valence-electron chi connectivity index (χ3n) is 2.84. The van der Waals surface area contributed by atoms with Crippen LogP contribution in [0.2, 0.25) is 0 Å². The van der Waals surface area contributed by atoms with E-state index in [1.807, 2.05) is 29.2 Å². The summed E-state index contributed by atoms with van der Waals surface area (Å²) in [5, 5.41) is 0. The molecule has 0 spiro atoms. The summed E-state index contributed by atoms with van der Waals surface area (Å²) in [6.45, 7) is 1.50. The van der Waals surface area contributed by atoms with Crippen molar-refractivity contribution in [3.63, 3.8) is 0 Å². The summed E-state index contributed by atoms with van der Waals surface area (Å²) >= 11 is 3.36. The fraction of sp³-hybridized carbons (Fsp3) is 0.417. The lowest BCUT2D eigenvalue weighted by Gasteiger charge is -2.30. The minimum atomic E-state index is 0. The lowest BCUT2D eigenvalue weighted by atomic mass is 10.1. The first kappa shape index (κ1) is 14.5. The number of benzene rings is 1. The molecule has 3 nitrogen and oxygen atoms in total. The Hall–Kier alpha value is -0.580. The van der Waals surface area contributed by atoms with Gasteiger partial charge in [0, 0.05) is 29.2 Å². The topological polar surface area (TPSA) is 46.3 Å². The molecule has 1 amide bonds. The monoisotopic (exact) mass is 318 g/mol. The summed E-state index contributed by atoms with van der Waals surface area (Å²) in [6.07, 6.45) is 2.02. The molecule has 1 saturated heterocycles. The van der Waals surface area contributed by atoms with E-state index in [1.165, 1.54) is 0 Å². The highest BCUT2D eigenvalue weighted by Gasteiger charge is 2.21. The molecule has 1 atom stereocenters. The van der Waals surface area contributed by atoms with Crippen LogP contribution in [0.3, 0.4) is 0 Å². The number of nitrogens with zero attached hydrogens (tertiary/aromatic N) is 1. The molecule has 17 heavy (non-hydrogen) atoms. The van der Waals surface area contributed by atoms with Crippen molar-refractivity contribution < 1.29 is 4.79 Å². The number of carbonyl (C=O) groups is 1. The van der Waals surface area contributed by atoms with Gasteiger partial charge in [0.2, 0.25) is 0 Å². The molecule has 1 unspecified atom stereocenters. The predicted octanol–water partition coefficient (Wildman–Crippen LogP) is 2.43. The minimum Gasteiger partial charge on any atom is -0.337 e. The summed E-state index contributed by atoms with van der Waals surface area (Å²) in [4.78, 5) is 14.0. The average molecular weight is 320 g/mol. The van der Waals surface area contributed by atoms with Crippen molar-refractivity contribution in [1.82, 2.24) is 4.90 Å². The van der Waals surface area contributed by atoms with Crippen LogP contribution in [-0.4, -0.2) is 29.9 Å². The van der Waals surface area contributed by atoms with Crippen LogP contribution in [0, 0.1) is 0 Å². The molecule has 2 rings (SSSR count). The van der Waals surface area contributed by atoms with Crippen molar-refractivity contribution in [1.29, 1.82) is 0 Å². The summed E-state index contributed by atoms with van der Waals surface area (Å²) in [6, 6.07) is 7.58. The van der Waals surface area contributed by atoms with E-state index in [0.29, 0.717) is 6.54 Å². The molecule has 1 aromatic rings. The van der Waals surface area contributed by atoms with Crippen molar-refractivity contribution in [3.05, 3.63) is 34.3 Å². The zero-order valence-corrected chi connectivity index (χ0v) is 11.8. The highest BCUT2D eigenvalue weighted by Crippen LogP contribution is 2.15. The Kier molecular flexibility index (Phi) is 5.43. The summed E-state index contributed by atoms with van der Waals surface area (Å²) < 4.78 is 0.986. The van der Waals surface area contributed by atoms with Gasteiger partial charge in [0.25, 0.3) is 5.91 Å². The largest absolute Gasteiger partial charge is 0.337 e. The Labute approximate surface area is 116 Å². The number of hydrogen-bond acceptors (Lipinski definition) is 2. The number of nitrogens with two attached hydrogens (primary N) is 1. The molecule has 0 aromatic heterocycles. The molecule has 2 N–H and O–H groups in total. The van der Waals surface area contributed by atoms with Crippen LogP contribution in [0.1, 0.15) is 23.2 Å². The normalized spacial score (nSPS) is 19.6. The zero-order chi connectivity index (χ0) is 11.5. The van der Waals surface area contributed by atoms with E-state index >= 15 is 0 Å². The Morgan fingerprint density at radius 2 is 2.00 bits per heavy atom. The Morgan fingerprint density at radius 1 is 1.35 bits per heavy atom. The molecule has 1 aliphatic rings. The van der Waals surface area contributed by atoms with Crippen LogP contribution in [0.4, 0.5) is 0 Å². The fourth-order valence-corrected chi connectivity index (χ4v) is 2.23. The maximum atomic E-state index is 12.1. The van der Waals surface area contributed by atoms with Gasteiger partial charge >= 0.3 is 0 Å². The molecular formula is C12H16BrClN2O. The van der Waals surface area contributed by atoms with Crippen LogP contribution < -0.4 is 5.73 Å². The smallest absolute Gasteiger partial charge is 0.253 e. The maximum absolute atomic E-state index is 12.1. The van der Waals surface area contributed by atoms with E-state index in [9.17, 15) is 4.79 Å². The average Bonchev–Trinajstić information content (AvgIpc) is 2.29. The Bertz CT molecular complexity index is 383. The maximum Gasteiger partial charge on any atom is 0.253 e. The molecule has 94 valence electrons. The number of piperidine rings is 1. The molecule has 5 heteroatoms. The second-order valence-electron chi connectivity index (χ2n) is 4.16. The van der Waals surface area contributed by atoms with Gasteiger partial charge in [-0.3, -0.25) is 4.79 Å². The second kappa shape index (κ2) is 6.38. The van der Waals surface area contributed by atoms with E-state index in [2.05, 4.69) is 15.9 Å². The lowest BCUT2D eigenvalue weighted by molar-refractivity contribution is 0.0709. The van der Waals surface area contributed by atoms with Gasteiger partial charge in [-0.25, -0.2) is 0 Å². The lowest BCUT2D eigenvalue weighted by Crippen LogP contribution is -2.45.